The maximum Gasteiger partial charge on any atom is 0.245 e. The highest BCUT2D eigenvalue weighted by Crippen LogP contribution is 2.29. The molecule has 294 valence electrons. The molecule has 2 rings (SSSR count). The lowest BCUT2D eigenvalue weighted by Gasteiger charge is -2.41. The number of amides is 5. The van der Waals surface area contributed by atoms with Gasteiger partial charge in [0.05, 0.1) is 49.3 Å². The number of nitrogens with two attached hydrogens (primary N) is 1. The molecule has 0 aromatic heterocycles. The zero-order valence-corrected chi connectivity index (χ0v) is 32.6. The number of likely N-dealkylation sites (tertiary alicyclic amines) is 1. The smallest absolute Gasteiger partial charge is 0.245 e. The van der Waals surface area contributed by atoms with Crippen LogP contribution in [0.4, 0.5) is 0 Å². The first-order chi connectivity index (χ1) is 24.6. The van der Waals surface area contributed by atoms with E-state index in [9.17, 15) is 29.1 Å². The average molecular weight is 733 g/mol. The summed E-state index contributed by atoms with van der Waals surface area (Å²) in [6, 6.07) is 6.33. The minimum atomic E-state index is -1.04. The molecular formula is C38H64N6O8. The van der Waals surface area contributed by atoms with Gasteiger partial charge < -0.3 is 46.1 Å². The molecule has 1 aromatic rings. The molecule has 0 unspecified atom stereocenters. The summed E-state index contributed by atoms with van der Waals surface area (Å²) >= 11 is 0. The third-order valence-electron chi connectivity index (χ3n) is 10.3. The normalized spacial score (nSPS) is 19.1. The first-order valence-electron chi connectivity index (χ1n) is 18.5. The molecule has 1 aliphatic rings. The second-order valence-electron chi connectivity index (χ2n) is 14.4. The number of benzene rings is 1. The fourth-order valence-electron chi connectivity index (χ4n) is 7.04. The summed E-state index contributed by atoms with van der Waals surface area (Å²) in [6.07, 6.45) is 1.28. The molecule has 52 heavy (non-hydrogen) atoms. The van der Waals surface area contributed by atoms with E-state index in [0.717, 1.165) is 12.0 Å². The Bertz CT molecular complexity index is 1300. The molecule has 1 aliphatic heterocycles. The van der Waals surface area contributed by atoms with Crippen molar-refractivity contribution in [2.75, 3.05) is 41.0 Å². The predicted molar refractivity (Wildman–Crippen MR) is 199 cm³/mol. The molecular weight excluding hydrogens is 668 g/mol. The first-order valence-corrected chi connectivity index (χ1v) is 18.5. The number of carbonyl (C=O) groups is 5. The molecule has 0 aliphatic carbocycles. The molecule has 1 heterocycles. The molecule has 6 N–H and O–H groups in total. The van der Waals surface area contributed by atoms with Crippen molar-refractivity contribution in [3.8, 4) is 0 Å². The van der Waals surface area contributed by atoms with Crippen LogP contribution in [0.3, 0.4) is 0 Å². The number of hydrogen-bond acceptors (Lipinski definition) is 9. The SMILES string of the molecule is CC[C@H](C)[C@@H]([C@@H](CC(=O)N1CCC[C@H]1[C@H](OC)[C@@H](C)C(=O)N[C@H](CO)Cc1ccccc1)OC)N(C)C(=O)[C@@H](NC(=O)[C@@H](N)CNC(C)=O)C(C)C. The van der Waals surface area contributed by atoms with Crippen LogP contribution in [-0.4, -0.2) is 128 Å². The third-order valence-corrected chi connectivity index (χ3v) is 10.3. The average Bonchev–Trinajstić information content (AvgIpc) is 3.61. The Hall–Kier alpha value is -3.59. The first kappa shape index (κ1) is 44.6. The number of nitrogens with zero attached hydrogens (tertiary/aromatic N) is 2. The number of rotatable bonds is 21. The second kappa shape index (κ2) is 21.8. The molecule has 14 heteroatoms. The number of nitrogens with one attached hydrogen (secondary N) is 3. The lowest BCUT2D eigenvalue weighted by molar-refractivity contribution is -0.147. The standard InChI is InChI=1S/C38H64N6O8/c1-10-24(4)34(43(7)38(50)33(23(2)3)42-37(49)29(39)21-40-26(6)46)31(51-8)20-32(47)44-18-14-17-30(44)35(52-9)25(5)36(48)41-28(22-45)19-27-15-12-11-13-16-27/h11-13,15-16,23-25,28-31,33-35,45H,10,14,17-22,39H2,1-9H3,(H,40,46)(H,41,48)(H,42,49)/t24-,25+,28-,29-,30-,31+,33-,34-,35+/m0/s1. The van der Waals surface area contributed by atoms with Crippen molar-refractivity contribution in [2.45, 2.75) is 116 Å². The summed E-state index contributed by atoms with van der Waals surface area (Å²) in [6.45, 7) is 10.9. The van der Waals surface area contributed by atoms with Gasteiger partial charge in [-0.15, -0.1) is 0 Å². The van der Waals surface area contributed by atoms with E-state index in [1.54, 1.807) is 23.8 Å². The van der Waals surface area contributed by atoms with Gasteiger partial charge in [-0.25, -0.2) is 0 Å². The minimum absolute atomic E-state index is 0.0133. The van der Waals surface area contributed by atoms with Crippen molar-refractivity contribution < 1.29 is 38.6 Å². The van der Waals surface area contributed by atoms with Gasteiger partial charge in [-0.3, -0.25) is 24.0 Å². The Morgan fingerprint density at radius 3 is 2.21 bits per heavy atom. The van der Waals surface area contributed by atoms with Gasteiger partial charge in [0.2, 0.25) is 29.5 Å². The van der Waals surface area contributed by atoms with Crippen molar-refractivity contribution in [3.63, 3.8) is 0 Å². The molecule has 5 amide bonds. The Kier molecular flexibility index (Phi) is 18.7. The summed E-state index contributed by atoms with van der Waals surface area (Å²) in [4.78, 5) is 69.1. The summed E-state index contributed by atoms with van der Waals surface area (Å²) < 4.78 is 11.8. The Labute approximate surface area is 309 Å². The lowest BCUT2D eigenvalue weighted by atomic mass is 9.89. The van der Waals surface area contributed by atoms with E-state index in [4.69, 9.17) is 15.2 Å². The van der Waals surface area contributed by atoms with Gasteiger partial charge in [-0.2, -0.15) is 0 Å². The van der Waals surface area contributed by atoms with Crippen LogP contribution in [0.2, 0.25) is 0 Å². The highest BCUT2D eigenvalue weighted by Gasteiger charge is 2.43. The van der Waals surface area contributed by atoms with Crippen LogP contribution in [0.5, 0.6) is 0 Å². The molecule has 0 spiro atoms. The van der Waals surface area contributed by atoms with E-state index < -0.39 is 48.2 Å². The van der Waals surface area contributed by atoms with E-state index in [1.807, 2.05) is 58.0 Å². The van der Waals surface area contributed by atoms with Crippen LogP contribution in [-0.2, 0) is 39.9 Å². The molecule has 0 radical (unpaired) electrons. The van der Waals surface area contributed by atoms with Crippen molar-refractivity contribution in [1.82, 2.24) is 25.8 Å². The monoisotopic (exact) mass is 732 g/mol. The molecule has 9 atom stereocenters. The van der Waals surface area contributed by atoms with Crippen LogP contribution in [0.15, 0.2) is 30.3 Å². The third kappa shape index (κ3) is 12.5. The van der Waals surface area contributed by atoms with Crippen LogP contribution in [0, 0.1) is 17.8 Å². The largest absolute Gasteiger partial charge is 0.394 e. The van der Waals surface area contributed by atoms with E-state index in [0.29, 0.717) is 25.8 Å². The Morgan fingerprint density at radius 1 is 1.02 bits per heavy atom. The fourth-order valence-corrected chi connectivity index (χ4v) is 7.04. The minimum Gasteiger partial charge on any atom is -0.394 e. The van der Waals surface area contributed by atoms with E-state index >= 15 is 0 Å². The molecule has 1 aromatic carbocycles. The Balaban J connectivity index is 2.22. The summed E-state index contributed by atoms with van der Waals surface area (Å²) in [5.41, 5.74) is 6.98. The van der Waals surface area contributed by atoms with E-state index in [-0.39, 0.29) is 61.1 Å². The van der Waals surface area contributed by atoms with Gasteiger partial charge in [-0.1, -0.05) is 71.4 Å². The molecule has 1 saturated heterocycles. The zero-order valence-electron chi connectivity index (χ0n) is 32.6. The van der Waals surface area contributed by atoms with Crippen LogP contribution in [0.1, 0.15) is 72.8 Å². The van der Waals surface area contributed by atoms with Crippen molar-refractivity contribution in [3.05, 3.63) is 35.9 Å². The van der Waals surface area contributed by atoms with Crippen molar-refractivity contribution >= 4 is 29.5 Å². The predicted octanol–water partition coefficient (Wildman–Crippen LogP) is 1.23. The maximum absolute atomic E-state index is 14.1. The summed E-state index contributed by atoms with van der Waals surface area (Å²) in [5, 5.41) is 18.2. The number of hydrogen-bond donors (Lipinski definition) is 5. The van der Waals surface area contributed by atoms with E-state index in [1.165, 1.54) is 21.1 Å². The zero-order chi connectivity index (χ0) is 39.1. The van der Waals surface area contributed by atoms with Crippen molar-refractivity contribution in [2.24, 2.45) is 23.5 Å². The van der Waals surface area contributed by atoms with E-state index in [2.05, 4.69) is 16.0 Å². The number of carbonyl (C=O) groups excluding carboxylic acids is 5. The number of likely N-dealkylation sites (N-methyl/N-ethyl adjacent to an activating group) is 1. The van der Waals surface area contributed by atoms with Gasteiger partial charge in [0, 0.05) is 41.3 Å². The van der Waals surface area contributed by atoms with Gasteiger partial charge in [0.1, 0.15) is 12.1 Å². The van der Waals surface area contributed by atoms with Crippen molar-refractivity contribution in [1.29, 1.82) is 0 Å². The Morgan fingerprint density at radius 2 is 1.67 bits per heavy atom. The molecule has 14 nitrogen and oxygen atoms in total. The van der Waals surface area contributed by atoms with Crippen LogP contribution >= 0.6 is 0 Å². The quantitative estimate of drug-likeness (QED) is 0.124. The van der Waals surface area contributed by atoms with Gasteiger partial charge in [-0.05, 0) is 36.7 Å². The van der Waals surface area contributed by atoms with Crippen LogP contribution < -0.4 is 21.7 Å². The van der Waals surface area contributed by atoms with Gasteiger partial charge in [0.25, 0.3) is 0 Å². The maximum atomic E-state index is 14.1. The summed E-state index contributed by atoms with van der Waals surface area (Å²) in [5.74, 6) is -2.64. The number of ether oxygens (including phenoxy) is 2. The molecule has 1 fully saturated rings. The second-order valence-corrected chi connectivity index (χ2v) is 14.4. The highest BCUT2D eigenvalue weighted by molar-refractivity contribution is 5.90. The number of aliphatic hydroxyl groups excluding tert-OH is 1. The number of aliphatic hydroxyl groups is 1. The topological polar surface area (TPSA) is 193 Å². The van der Waals surface area contributed by atoms with Gasteiger partial charge >= 0.3 is 0 Å². The molecule has 0 saturated carbocycles. The van der Waals surface area contributed by atoms with Gasteiger partial charge in [0.15, 0.2) is 0 Å². The number of methoxy groups -OCH3 is 2. The highest BCUT2D eigenvalue weighted by atomic mass is 16.5. The molecule has 0 bridgehead atoms. The fraction of sp³-hybridized carbons (Fsp3) is 0.711. The summed E-state index contributed by atoms with van der Waals surface area (Å²) in [7, 11) is 4.72. The lowest BCUT2D eigenvalue weighted by Crippen LogP contribution is -2.60. The van der Waals surface area contributed by atoms with Crippen LogP contribution in [0.25, 0.3) is 0 Å².